The van der Waals surface area contributed by atoms with Crippen LogP contribution in [0.5, 0.6) is 0 Å². The summed E-state index contributed by atoms with van der Waals surface area (Å²) >= 11 is 0. The van der Waals surface area contributed by atoms with E-state index in [2.05, 4.69) is 44.8 Å². The Kier molecular flexibility index (Phi) is 3.42. The predicted molar refractivity (Wildman–Crippen MR) is 75.9 cm³/mol. The number of aryl methyl sites for hydroxylation is 1. The Balaban J connectivity index is 1.73. The zero-order valence-corrected chi connectivity index (χ0v) is 11.7. The van der Waals surface area contributed by atoms with Gasteiger partial charge in [-0.05, 0) is 36.9 Å². The maximum absolute atomic E-state index is 4.38. The molecule has 1 aliphatic rings. The molecule has 1 N–H and O–H groups in total. The zero-order chi connectivity index (χ0) is 13.2. The van der Waals surface area contributed by atoms with Crippen LogP contribution in [0.3, 0.4) is 0 Å². The van der Waals surface area contributed by atoms with Crippen molar-refractivity contribution in [1.82, 2.24) is 19.4 Å². The summed E-state index contributed by atoms with van der Waals surface area (Å²) < 4.78 is 4.30. The monoisotopic (exact) mass is 258 g/mol. The van der Waals surface area contributed by atoms with E-state index in [1.165, 1.54) is 18.4 Å². The summed E-state index contributed by atoms with van der Waals surface area (Å²) in [6, 6.07) is 2.78. The number of imidazole rings is 1. The minimum absolute atomic E-state index is 0.535. The van der Waals surface area contributed by atoms with E-state index in [0.29, 0.717) is 6.04 Å². The summed E-state index contributed by atoms with van der Waals surface area (Å²) in [5, 5.41) is 3.61. The van der Waals surface area contributed by atoms with Gasteiger partial charge in [0.1, 0.15) is 5.82 Å². The van der Waals surface area contributed by atoms with Crippen LogP contribution in [-0.2, 0) is 13.6 Å². The lowest BCUT2D eigenvalue weighted by Crippen LogP contribution is -2.22. The van der Waals surface area contributed by atoms with Gasteiger partial charge in [0.25, 0.3) is 0 Å². The van der Waals surface area contributed by atoms with Gasteiger partial charge in [0.05, 0.1) is 6.54 Å². The molecule has 0 amide bonds. The molecule has 0 bridgehead atoms. The van der Waals surface area contributed by atoms with E-state index in [4.69, 9.17) is 0 Å². The summed E-state index contributed by atoms with van der Waals surface area (Å²) in [4.78, 5) is 4.38. The highest BCUT2D eigenvalue weighted by atomic mass is 15.1. The molecule has 1 aliphatic carbocycles. The van der Waals surface area contributed by atoms with Gasteiger partial charge in [-0.3, -0.25) is 0 Å². The Morgan fingerprint density at radius 3 is 2.89 bits per heavy atom. The number of nitrogens with zero attached hydrogens (tertiary/aromatic N) is 3. The Labute approximate surface area is 114 Å². The van der Waals surface area contributed by atoms with E-state index in [9.17, 15) is 0 Å². The summed E-state index contributed by atoms with van der Waals surface area (Å²) in [7, 11) is 2.04. The summed E-state index contributed by atoms with van der Waals surface area (Å²) in [5.41, 5.74) is 1.42. The van der Waals surface area contributed by atoms with Crippen LogP contribution in [0.1, 0.15) is 37.2 Å². The minimum Gasteiger partial charge on any atom is -0.346 e. The van der Waals surface area contributed by atoms with Crippen molar-refractivity contribution in [1.29, 1.82) is 0 Å². The molecule has 4 nitrogen and oxygen atoms in total. The first-order valence-corrected chi connectivity index (χ1v) is 7.13. The van der Waals surface area contributed by atoms with Gasteiger partial charge in [-0.2, -0.15) is 0 Å². The molecule has 0 saturated heterocycles. The first-order valence-electron chi connectivity index (χ1n) is 7.13. The van der Waals surface area contributed by atoms with E-state index < -0.39 is 0 Å². The summed E-state index contributed by atoms with van der Waals surface area (Å²) in [6.45, 7) is 4.05. The van der Waals surface area contributed by atoms with Crippen LogP contribution < -0.4 is 5.32 Å². The third kappa shape index (κ3) is 2.73. The third-order valence-corrected chi connectivity index (χ3v) is 3.89. The molecular formula is C15H22N4. The predicted octanol–water partition coefficient (Wildman–Crippen LogP) is 2.33. The quantitative estimate of drug-likeness (QED) is 0.863. The highest BCUT2D eigenvalue weighted by Gasteiger charge is 2.32. The van der Waals surface area contributed by atoms with Crippen molar-refractivity contribution in [2.75, 3.05) is 6.54 Å². The Hall–Kier alpha value is -1.55. The van der Waals surface area contributed by atoms with Crippen LogP contribution in [0.15, 0.2) is 30.9 Å². The number of rotatable bonds is 6. The first kappa shape index (κ1) is 12.5. The van der Waals surface area contributed by atoms with E-state index >= 15 is 0 Å². The van der Waals surface area contributed by atoms with Gasteiger partial charge < -0.3 is 14.5 Å². The summed E-state index contributed by atoms with van der Waals surface area (Å²) in [6.07, 6.45) is 11.0. The highest BCUT2D eigenvalue weighted by molar-refractivity contribution is 5.19. The Morgan fingerprint density at radius 1 is 1.42 bits per heavy atom. The van der Waals surface area contributed by atoms with Crippen molar-refractivity contribution in [2.45, 2.75) is 32.4 Å². The second-order valence-corrected chi connectivity index (χ2v) is 5.44. The zero-order valence-electron chi connectivity index (χ0n) is 11.7. The van der Waals surface area contributed by atoms with Crippen LogP contribution in [0.25, 0.3) is 0 Å². The van der Waals surface area contributed by atoms with Crippen LogP contribution in [0.4, 0.5) is 0 Å². The van der Waals surface area contributed by atoms with Crippen molar-refractivity contribution in [3.8, 4) is 0 Å². The molecule has 1 unspecified atom stereocenters. The van der Waals surface area contributed by atoms with Gasteiger partial charge in [-0.15, -0.1) is 0 Å². The highest BCUT2D eigenvalue weighted by Crippen LogP contribution is 2.40. The normalized spacial score (nSPS) is 16.7. The molecule has 2 heterocycles. The average molecular weight is 258 g/mol. The fourth-order valence-corrected chi connectivity index (χ4v) is 2.66. The standard InChI is InChI=1S/C15H22N4/c1-3-16-15(12-4-5-12)13-6-8-19(10-13)11-14-17-7-9-18(14)2/h6-10,12,15-16H,3-5,11H2,1-2H3. The second kappa shape index (κ2) is 5.21. The Morgan fingerprint density at radius 2 is 2.26 bits per heavy atom. The van der Waals surface area contributed by atoms with Gasteiger partial charge in [-0.1, -0.05) is 6.92 Å². The van der Waals surface area contributed by atoms with E-state index in [-0.39, 0.29) is 0 Å². The first-order chi connectivity index (χ1) is 9.28. The van der Waals surface area contributed by atoms with Gasteiger partial charge in [-0.25, -0.2) is 4.98 Å². The molecule has 2 aromatic heterocycles. The molecule has 3 rings (SSSR count). The van der Waals surface area contributed by atoms with Crippen LogP contribution in [0.2, 0.25) is 0 Å². The van der Waals surface area contributed by atoms with Crippen molar-refractivity contribution < 1.29 is 0 Å². The third-order valence-electron chi connectivity index (χ3n) is 3.89. The average Bonchev–Trinajstić information content (AvgIpc) is 3.01. The molecule has 1 atom stereocenters. The minimum atomic E-state index is 0.535. The Bertz CT molecular complexity index is 536. The molecule has 1 saturated carbocycles. The molecule has 0 radical (unpaired) electrons. The molecule has 102 valence electrons. The van der Waals surface area contributed by atoms with E-state index in [1.54, 1.807) is 0 Å². The van der Waals surface area contributed by atoms with Gasteiger partial charge >= 0.3 is 0 Å². The number of nitrogens with one attached hydrogen (secondary N) is 1. The lowest BCUT2D eigenvalue weighted by molar-refractivity contribution is 0.495. The van der Waals surface area contributed by atoms with Crippen LogP contribution >= 0.6 is 0 Å². The molecule has 4 heteroatoms. The largest absolute Gasteiger partial charge is 0.346 e. The topological polar surface area (TPSA) is 34.8 Å². The van der Waals surface area contributed by atoms with Crippen molar-refractivity contribution in [3.63, 3.8) is 0 Å². The van der Waals surface area contributed by atoms with Crippen molar-refractivity contribution >= 4 is 0 Å². The van der Waals surface area contributed by atoms with Crippen molar-refractivity contribution in [3.05, 3.63) is 42.2 Å². The van der Waals surface area contributed by atoms with Gasteiger partial charge in [0, 0.05) is 37.9 Å². The van der Waals surface area contributed by atoms with Crippen LogP contribution in [0, 0.1) is 5.92 Å². The van der Waals surface area contributed by atoms with Crippen LogP contribution in [-0.4, -0.2) is 20.7 Å². The maximum atomic E-state index is 4.38. The maximum Gasteiger partial charge on any atom is 0.128 e. The summed E-state index contributed by atoms with van der Waals surface area (Å²) in [5.74, 6) is 1.93. The molecule has 2 aromatic rings. The molecular weight excluding hydrogens is 236 g/mol. The molecule has 0 aromatic carbocycles. The molecule has 1 fully saturated rings. The van der Waals surface area contributed by atoms with E-state index in [0.717, 1.165) is 24.8 Å². The second-order valence-electron chi connectivity index (χ2n) is 5.44. The van der Waals surface area contributed by atoms with Gasteiger partial charge in [0.2, 0.25) is 0 Å². The molecule has 0 spiro atoms. The lowest BCUT2D eigenvalue weighted by Gasteiger charge is -2.15. The fourth-order valence-electron chi connectivity index (χ4n) is 2.66. The number of hydrogen-bond donors (Lipinski definition) is 1. The lowest BCUT2D eigenvalue weighted by atomic mass is 10.1. The SMILES string of the molecule is CCNC(c1ccn(Cc2nccn2C)c1)C1CC1. The number of hydrogen-bond acceptors (Lipinski definition) is 2. The van der Waals surface area contributed by atoms with E-state index in [1.807, 2.05) is 19.4 Å². The fraction of sp³-hybridized carbons (Fsp3) is 0.533. The smallest absolute Gasteiger partial charge is 0.128 e. The molecule has 19 heavy (non-hydrogen) atoms. The van der Waals surface area contributed by atoms with Crippen molar-refractivity contribution in [2.24, 2.45) is 13.0 Å². The number of aromatic nitrogens is 3. The van der Waals surface area contributed by atoms with Gasteiger partial charge in [0.15, 0.2) is 0 Å². The molecule has 0 aliphatic heterocycles.